The quantitative estimate of drug-likeness (QED) is 0.802. The van der Waals surface area contributed by atoms with E-state index in [2.05, 4.69) is 20.4 Å². The van der Waals surface area contributed by atoms with Gasteiger partial charge >= 0.3 is 6.01 Å². The molecule has 114 valence electrons. The first-order valence-corrected chi connectivity index (χ1v) is 5.97. The molecule has 0 aliphatic heterocycles. The first-order valence-electron chi connectivity index (χ1n) is 5.97. The van der Waals surface area contributed by atoms with E-state index in [1.54, 1.807) is 0 Å². The highest BCUT2D eigenvalue weighted by Gasteiger charge is 2.07. The van der Waals surface area contributed by atoms with Crippen LogP contribution >= 0.6 is 0 Å². The van der Waals surface area contributed by atoms with Gasteiger partial charge in [0, 0.05) is 6.20 Å². The second-order valence-corrected chi connectivity index (χ2v) is 3.97. The number of aromatic nitrogens is 2. The van der Waals surface area contributed by atoms with Gasteiger partial charge in [-0.3, -0.25) is 0 Å². The molecule has 2 aromatic rings. The molecule has 0 aliphatic rings. The van der Waals surface area contributed by atoms with Crippen molar-refractivity contribution >= 4 is 5.69 Å². The van der Waals surface area contributed by atoms with Crippen LogP contribution in [0.15, 0.2) is 47.6 Å². The van der Waals surface area contributed by atoms with Gasteiger partial charge in [-0.15, -0.1) is 0 Å². The summed E-state index contributed by atoms with van der Waals surface area (Å²) in [5.41, 5.74) is 6.94. The van der Waals surface area contributed by atoms with Gasteiger partial charge < -0.3 is 10.1 Å². The smallest absolute Gasteiger partial charge is 0.316 e. The summed E-state index contributed by atoms with van der Waals surface area (Å²) in [6.07, 6.45) is 3.02. The van der Waals surface area contributed by atoms with E-state index in [0.717, 1.165) is 18.5 Å². The minimum atomic E-state index is -1.05. The van der Waals surface area contributed by atoms with Crippen LogP contribution in [0.3, 0.4) is 0 Å². The van der Waals surface area contributed by atoms with E-state index in [0.29, 0.717) is 0 Å². The molecule has 0 fully saturated rings. The maximum atomic E-state index is 13.4. The fourth-order valence-electron chi connectivity index (χ4n) is 1.40. The van der Waals surface area contributed by atoms with Crippen LogP contribution in [0.4, 0.5) is 18.9 Å². The van der Waals surface area contributed by atoms with Crippen LogP contribution in [-0.2, 0) is 0 Å². The van der Waals surface area contributed by atoms with E-state index >= 15 is 0 Å². The SMILES string of the molecule is N=N/C(=C\Nc1cccc(F)c1F)COc1ncc(F)cn1. The summed E-state index contributed by atoms with van der Waals surface area (Å²) < 4.78 is 44.1. The van der Waals surface area contributed by atoms with Crippen LogP contribution in [0.2, 0.25) is 0 Å². The summed E-state index contributed by atoms with van der Waals surface area (Å²) in [6, 6.07) is 3.53. The number of benzene rings is 1. The third-order valence-corrected chi connectivity index (χ3v) is 2.44. The fourth-order valence-corrected chi connectivity index (χ4v) is 1.40. The van der Waals surface area contributed by atoms with Crippen LogP contribution in [0.1, 0.15) is 0 Å². The van der Waals surface area contributed by atoms with Crippen LogP contribution in [0, 0.1) is 23.0 Å². The molecule has 1 aromatic heterocycles. The molecule has 6 nitrogen and oxygen atoms in total. The fraction of sp³-hybridized carbons (Fsp3) is 0.0769. The lowest BCUT2D eigenvalue weighted by Crippen LogP contribution is -2.05. The first-order chi connectivity index (χ1) is 10.6. The predicted octanol–water partition coefficient (Wildman–Crippen LogP) is 3.26. The zero-order valence-electron chi connectivity index (χ0n) is 11.1. The summed E-state index contributed by atoms with van der Waals surface area (Å²) in [5, 5.41) is 5.64. The minimum Gasteiger partial charge on any atom is -0.457 e. The molecule has 0 saturated carbocycles. The van der Waals surface area contributed by atoms with Gasteiger partial charge in [-0.05, 0) is 12.1 Å². The molecule has 0 unspecified atom stereocenters. The van der Waals surface area contributed by atoms with E-state index in [-0.39, 0.29) is 24.0 Å². The van der Waals surface area contributed by atoms with Crippen LogP contribution in [0.5, 0.6) is 6.01 Å². The molecule has 0 spiro atoms. The van der Waals surface area contributed by atoms with Crippen molar-refractivity contribution in [3.05, 3.63) is 59.9 Å². The molecule has 0 atom stereocenters. The molecular formula is C13H10F3N5O. The molecule has 0 amide bonds. The normalized spacial score (nSPS) is 11.1. The molecule has 0 radical (unpaired) electrons. The summed E-state index contributed by atoms with van der Waals surface area (Å²) >= 11 is 0. The van der Waals surface area contributed by atoms with Crippen molar-refractivity contribution in [2.24, 2.45) is 5.11 Å². The van der Waals surface area contributed by atoms with E-state index in [1.165, 1.54) is 18.3 Å². The Kier molecular flexibility index (Phi) is 5.02. The largest absolute Gasteiger partial charge is 0.457 e. The van der Waals surface area contributed by atoms with Crippen molar-refractivity contribution in [3.8, 4) is 6.01 Å². The number of rotatable bonds is 6. The Balaban J connectivity index is 2.00. The van der Waals surface area contributed by atoms with E-state index in [1.807, 2.05) is 0 Å². The van der Waals surface area contributed by atoms with Crippen molar-refractivity contribution in [1.29, 1.82) is 5.53 Å². The standard InChI is InChI=1S/C13H10F3N5O/c14-8-4-19-13(20-5-8)22-7-9(21-17)6-18-11-3-1-2-10(15)12(11)16/h1-6,17-18H,7H2/b9-6-,21-17?. The minimum absolute atomic E-state index is 0.0663. The van der Waals surface area contributed by atoms with E-state index in [4.69, 9.17) is 10.3 Å². The molecule has 0 saturated heterocycles. The molecule has 1 heterocycles. The van der Waals surface area contributed by atoms with Crippen LogP contribution < -0.4 is 10.1 Å². The molecule has 0 aliphatic carbocycles. The average Bonchev–Trinajstić information content (AvgIpc) is 2.53. The summed E-state index contributed by atoms with van der Waals surface area (Å²) in [5.74, 6) is -2.67. The second-order valence-electron chi connectivity index (χ2n) is 3.97. The number of halogens is 3. The average molecular weight is 309 g/mol. The van der Waals surface area contributed by atoms with Gasteiger partial charge in [0.1, 0.15) is 12.3 Å². The molecule has 9 heteroatoms. The lowest BCUT2D eigenvalue weighted by atomic mass is 10.3. The number of ether oxygens (including phenoxy) is 1. The maximum Gasteiger partial charge on any atom is 0.316 e. The van der Waals surface area contributed by atoms with Gasteiger partial charge in [-0.2, -0.15) is 5.11 Å². The van der Waals surface area contributed by atoms with Gasteiger partial charge in [0.05, 0.1) is 18.1 Å². The highest BCUT2D eigenvalue weighted by Crippen LogP contribution is 2.17. The summed E-state index contributed by atoms with van der Waals surface area (Å²) in [7, 11) is 0. The van der Waals surface area contributed by atoms with Gasteiger partial charge in [-0.1, -0.05) is 6.07 Å². The third kappa shape index (κ3) is 4.01. The lowest BCUT2D eigenvalue weighted by Gasteiger charge is -2.06. The summed E-state index contributed by atoms with van der Waals surface area (Å²) in [6.45, 7) is -0.209. The Labute approximate surface area is 123 Å². The van der Waals surface area contributed by atoms with E-state index in [9.17, 15) is 13.2 Å². The van der Waals surface area contributed by atoms with Crippen molar-refractivity contribution in [2.75, 3.05) is 11.9 Å². The Hall–Kier alpha value is -2.97. The molecule has 2 N–H and O–H groups in total. The van der Waals surface area contributed by atoms with Crippen molar-refractivity contribution in [2.45, 2.75) is 0 Å². The summed E-state index contributed by atoms with van der Waals surface area (Å²) in [4.78, 5) is 7.12. The monoisotopic (exact) mass is 309 g/mol. The Morgan fingerprint density at radius 2 is 2.00 bits per heavy atom. The van der Waals surface area contributed by atoms with Crippen LogP contribution in [0.25, 0.3) is 0 Å². The Bertz CT molecular complexity index is 691. The number of hydrogen-bond donors (Lipinski definition) is 2. The third-order valence-electron chi connectivity index (χ3n) is 2.44. The predicted molar refractivity (Wildman–Crippen MR) is 70.7 cm³/mol. The number of nitrogens with one attached hydrogen (secondary N) is 2. The van der Waals surface area contributed by atoms with Crippen LogP contribution in [-0.4, -0.2) is 16.6 Å². The zero-order valence-corrected chi connectivity index (χ0v) is 11.1. The molecule has 1 aromatic carbocycles. The number of anilines is 1. The molecule has 2 rings (SSSR count). The Morgan fingerprint density at radius 3 is 2.68 bits per heavy atom. The van der Waals surface area contributed by atoms with Gasteiger partial charge in [0.2, 0.25) is 0 Å². The number of nitrogens with zero attached hydrogens (tertiary/aromatic N) is 3. The molecule has 22 heavy (non-hydrogen) atoms. The van der Waals surface area contributed by atoms with Crippen molar-refractivity contribution in [1.82, 2.24) is 9.97 Å². The van der Waals surface area contributed by atoms with Gasteiger partial charge in [0.15, 0.2) is 17.5 Å². The van der Waals surface area contributed by atoms with Gasteiger partial charge in [0.25, 0.3) is 0 Å². The number of hydrogen-bond acceptors (Lipinski definition) is 6. The van der Waals surface area contributed by atoms with Crippen molar-refractivity contribution < 1.29 is 17.9 Å². The highest BCUT2D eigenvalue weighted by atomic mass is 19.2. The topological polar surface area (TPSA) is 83.2 Å². The highest BCUT2D eigenvalue weighted by molar-refractivity contribution is 5.47. The molecule has 0 bridgehead atoms. The zero-order chi connectivity index (χ0) is 15.9. The van der Waals surface area contributed by atoms with Crippen molar-refractivity contribution in [3.63, 3.8) is 0 Å². The maximum absolute atomic E-state index is 13.4. The first kappa shape index (κ1) is 15.4. The van der Waals surface area contributed by atoms with Gasteiger partial charge in [-0.25, -0.2) is 28.7 Å². The van der Waals surface area contributed by atoms with E-state index < -0.39 is 17.5 Å². The Morgan fingerprint density at radius 1 is 1.27 bits per heavy atom. The molecular weight excluding hydrogens is 299 g/mol. The lowest BCUT2D eigenvalue weighted by molar-refractivity contribution is 0.318. The second kappa shape index (κ2) is 7.16.